The van der Waals surface area contributed by atoms with Crippen LogP contribution in [0.5, 0.6) is 0 Å². The van der Waals surface area contributed by atoms with Crippen LogP contribution in [0.2, 0.25) is 0 Å². The number of likely N-dealkylation sites (tertiary alicyclic amines) is 1. The topological polar surface area (TPSA) is 111 Å². The number of nitrogens with zero attached hydrogens (tertiary/aromatic N) is 2. The number of rotatable bonds is 7. The van der Waals surface area contributed by atoms with Crippen LogP contribution in [0.3, 0.4) is 0 Å². The van der Waals surface area contributed by atoms with Gasteiger partial charge in [-0.05, 0) is 37.5 Å². The van der Waals surface area contributed by atoms with Crippen molar-refractivity contribution in [3.05, 3.63) is 35.5 Å². The molecule has 2 amide bonds. The summed E-state index contributed by atoms with van der Waals surface area (Å²) in [5, 5.41) is 14.7. The van der Waals surface area contributed by atoms with Gasteiger partial charge in [0.1, 0.15) is 11.6 Å². The quantitative estimate of drug-likeness (QED) is 0.301. The Kier molecular flexibility index (Phi) is 6.40. The molecule has 0 radical (unpaired) electrons. The number of aryl methyl sites for hydroxylation is 1. The Morgan fingerprint density at radius 1 is 1.48 bits per heavy atom. The molecule has 1 aromatic carbocycles. The average molecular weight is 341 g/mol. The maximum atomic E-state index is 12.0. The summed E-state index contributed by atoms with van der Waals surface area (Å²) >= 11 is 0. The van der Waals surface area contributed by atoms with Crippen LogP contribution >= 0.6 is 0 Å². The van der Waals surface area contributed by atoms with Gasteiger partial charge in [0.2, 0.25) is 5.91 Å². The number of carbonyl (C=O) groups excluding carboxylic acids is 2. The standard InChI is InChI=1S/C18H23N5O2/c1-13-5-6-16(15(20)10-13)22-12-14(11-19)18(25)21-7-3-9-23-8-2-4-17(23)24/h5-6,10,12,22H,2-4,7-9,20H2,1H3,(H,21,25)/b14-12-. The van der Waals surface area contributed by atoms with Crippen molar-refractivity contribution in [3.63, 3.8) is 0 Å². The molecule has 0 bridgehead atoms. The number of nitrogens with one attached hydrogen (secondary N) is 2. The first kappa shape index (κ1) is 18.3. The van der Waals surface area contributed by atoms with Gasteiger partial charge in [0, 0.05) is 32.3 Å². The summed E-state index contributed by atoms with van der Waals surface area (Å²) in [5.41, 5.74) is 8.07. The highest BCUT2D eigenvalue weighted by Gasteiger charge is 2.19. The zero-order valence-corrected chi connectivity index (χ0v) is 14.3. The summed E-state index contributed by atoms with van der Waals surface area (Å²) in [6.45, 7) is 3.76. The molecule has 0 saturated carbocycles. The van der Waals surface area contributed by atoms with E-state index in [4.69, 9.17) is 11.0 Å². The van der Waals surface area contributed by atoms with Crippen LogP contribution in [0.15, 0.2) is 30.0 Å². The highest BCUT2D eigenvalue weighted by molar-refractivity contribution is 5.97. The van der Waals surface area contributed by atoms with E-state index in [2.05, 4.69) is 10.6 Å². The summed E-state index contributed by atoms with van der Waals surface area (Å²) in [6, 6.07) is 7.36. The summed E-state index contributed by atoms with van der Waals surface area (Å²) in [6.07, 6.45) is 3.52. The lowest BCUT2D eigenvalue weighted by molar-refractivity contribution is -0.127. The molecule has 7 heteroatoms. The fourth-order valence-corrected chi connectivity index (χ4v) is 2.62. The molecule has 1 aromatic rings. The SMILES string of the molecule is Cc1ccc(N/C=C(/C#N)C(=O)NCCCN2CCCC2=O)c(N)c1. The second-order valence-electron chi connectivity index (χ2n) is 6.00. The number of hydrogen-bond donors (Lipinski definition) is 3. The second kappa shape index (κ2) is 8.73. The van der Waals surface area contributed by atoms with Gasteiger partial charge in [0.25, 0.3) is 5.91 Å². The van der Waals surface area contributed by atoms with Gasteiger partial charge in [0.05, 0.1) is 11.4 Å². The van der Waals surface area contributed by atoms with Crippen molar-refractivity contribution in [2.75, 3.05) is 30.7 Å². The van der Waals surface area contributed by atoms with Crippen LogP contribution < -0.4 is 16.4 Å². The molecule has 7 nitrogen and oxygen atoms in total. The van der Waals surface area contributed by atoms with Crippen molar-refractivity contribution in [2.24, 2.45) is 0 Å². The van der Waals surface area contributed by atoms with E-state index in [0.717, 1.165) is 18.5 Å². The third kappa shape index (κ3) is 5.24. The van der Waals surface area contributed by atoms with E-state index in [1.54, 1.807) is 11.0 Å². The molecule has 1 aliphatic heterocycles. The number of hydrogen-bond acceptors (Lipinski definition) is 5. The number of nitrogen functional groups attached to an aromatic ring is 1. The molecule has 2 rings (SSSR count). The largest absolute Gasteiger partial charge is 0.397 e. The normalized spacial score (nSPS) is 14.3. The van der Waals surface area contributed by atoms with Crippen molar-refractivity contribution >= 4 is 23.2 Å². The highest BCUT2D eigenvalue weighted by Crippen LogP contribution is 2.19. The highest BCUT2D eigenvalue weighted by atomic mass is 16.2. The maximum absolute atomic E-state index is 12.0. The lowest BCUT2D eigenvalue weighted by atomic mass is 10.2. The number of amides is 2. The van der Waals surface area contributed by atoms with E-state index in [9.17, 15) is 9.59 Å². The van der Waals surface area contributed by atoms with E-state index < -0.39 is 5.91 Å². The van der Waals surface area contributed by atoms with Crippen LogP contribution in [0.4, 0.5) is 11.4 Å². The monoisotopic (exact) mass is 341 g/mol. The Morgan fingerprint density at radius 3 is 2.92 bits per heavy atom. The summed E-state index contributed by atoms with van der Waals surface area (Å²) in [7, 11) is 0. The molecule has 0 unspecified atom stereocenters. The molecule has 0 aromatic heterocycles. The third-order valence-corrected chi connectivity index (χ3v) is 4.01. The maximum Gasteiger partial charge on any atom is 0.263 e. The second-order valence-corrected chi connectivity index (χ2v) is 6.00. The molecule has 4 N–H and O–H groups in total. The van der Waals surface area contributed by atoms with Gasteiger partial charge in [-0.1, -0.05) is 6.07 Å². The van der Waals surface area contributed by atoms with Crippen molar-refractivity contribution < 1.29 is 9.59 Å². The fourth-order valence-electron chi connectivity index (χ4n) is 2.62. The average Bonchev–Trinajstić information content (AvgIpc) is 2.99. The van der Waals surface area contributed by atoms with Crippen LogP contribution in [0.25, 0.3) is 0 Å². The minimum absolute atomic E-state index is 0.0303. The molecule has 132 valence electrons. The molecule has 1 heterocycles. The van der Waals surface area contributed by atoms with E-state index in [1.165, 1.54) is 6.20 Å². The van der Waals surface area contributed by atoms with Crippen molar-refractivity contribution in [1.29, 1.82) is 5.26 Å². The first-order valence-electron chi connectivity index (χ1n) is 8.30. The lowest BCUT2D eigenvalue weighted by Gasteiger charge is -2.15. The Morgan fingerprint density at radius 2 is 2.28 bits per heavy atom. The summed E-state index contributed by atoms with van der Waals surface area (Å²) < 4.78 is 0. The van der Waals surface area contributed by atoms with Gasteiger partial charge in [-0.15, -0.1) is 0 Å². The zero-order chi connectivity index (χ0) is 18.2. The molecule has 25 heavy (non-hydrogen) atoms. The molecule has 0 atom stereocenters. The van der Waals surface area contributed by atoms with Crippen LogP contribution in [0, 0.1) is 18.3 Å². The lowest BCUT2D eigenvalue weighted by Crippen LogP contribution is -2.31. The van der Waals surface area contributed by atoms with Gasteiger partial charge in [-0.2, -0.15) is 5.26 Å². The minimum Gasteiger partial charge on any atom is -0.397 e. The first-order chi connectivity index (χ1) is 12.0. The van der Waals surface area contributed by atoms with E-state index in [0.29, 0.717) is 37.3 Å². The number of anilines is 2. The van der Waals surface area contributed by atoms with Crippen molar-refractivity contribution in [1.82, 2.24) is 10.2 Å². The van der Waals surface area contributed by atoms with Gasteiger partial charge >= 0.3 is 0 Å². The smallest absolute Gasteiger partial charge is 0.263 e. The van der Waals surface area contributed by atoms with Crippen molar-refractivity contribution in [3.8, 4) is 6.07 Å². The Bertz CT molecular complexity index is 721. The Labute approximate surface area is 147 Å². The van der Waals surface area contributed by atoms with Gasteiger partial charge < -0.3 is 21.3 Å². The van der Waals surface area contributed by atoms with Gasteiger partial charge in [-0.3, -0.25) is 9.59 Å². The summed E-state index contributed by atoms with van der Waals surface area (Å²) in [4.78, 5) is 25.3. The van der Waals surface area contributed by atoms with Gasteiger partial charge in [-0.25, -0.2) is 0 Å². The summed E-state index contributed by atoms with van der Waals surface area (Å²) in [5.74, 6) is -0.280. The fraction of sp³-hybridized carbons (Fsp3) is 0.389. The number of nitrogens with two attached hydrogens (primary N) is 1. The van der Waals surface area contributed by atoms with Crippen LogP contribution in [0.1, 0.15) is 24.8 Å². The van der Waals surface area contributed by atoms with Gasteiger partial charge in [0.15, 0.2) is 0 Å². The molecule has 0 aliphatic carbocycles. The molecular formula is C18H23N5O2. The van der Waals surface area contributed by atoms with E-state index >= 15 is 0 Å². The number of benzene rings is 1. The molecular weight excluding hydrogens is 318 g/mol. The minimum atomic E-state index is -0.451. The molecule has 0 spiro atoms. The Balaban J connectivity index is 1.81. The number of carbonyl (C=O) groups is 2. The van der Waals surface area contributed by atoms with E-state index in [-0.39, 0.29) is 11.5 Å². The van der Waals surface area contributed by atoms with Crippen LogP contribution in [-0.4, -0.2) is 36.3 Å². The predicted molar refractivity (Wildman–Crippen MR) is 96.4 cm³/mol. The molecule has 1 saturated heterocycles. The van der Waals surface area contributed by atoms with Crippen molar-refractivity contribution in [2.45, 2.75) is 26.2 Å². The van der Waals surface area contributed by atoms with Crippen LogP contribution in [-0.2, 0) is 9.59 Å². The molecule has 1 aliphatic rings. The predicted octanol–water partition coefficient (Wildman–Crippen LogP) is 1.53. The Hall–Kier alpha value is -3.01. The van der Waals surface area contributed by atoms with E-state index in [1.807, 2.05) is 25.1 Å². The zero-order valence-electron chi connectivity index (χ0n) is 14.3. The number of nitriles is 1. The molecule has 1 fully saturated rings. The third-order valence-electron chi connectivity index (χ3n) is 4.01. The first-order valence-corrected chi connectivity index (χ1v) is 8.30.